The van der Waals surface area contributed by atoms with E-state index in [4.69, 9.17) is 11.5 Å². The Kier molecular flexibility index (Phi) is 3.39. The summed E-state index contributed by atoms with van der Waals surface area (Å²) in [5.41, 5.74) is 13.9. The van der Waals surface area contributed by atoms with Gasteiger partial charge >= 0.3 is 0 Å². The van der Waals surface area contributed by atoms with E-state index in [0.29, 0.717) is 6.42 Å². The predicted octanol–water partition coefficient (Wildman–Crippen LogP) is 1.89. The second-order valence-electron chi connectivity index (χ2n) is 2.96. The molecule has 1 aromatic carbocycles. The molecule has 1 atom stereocenters. The average molecular weight is 194 g/mol. The fourth-order valence-corrected chi connectivity index (χ4v) is 1.40. The third kappa shape index (κ3) is 2.79. The van der Waals surface area contributed by atoms with Crippen LogP contribution in [0.2, 0.25) is 0 Å². The van der Waals surface area contributed by atoms with Crippen LogP contribution in [0.4, 0.5) is 5.69 Å². The van der Waals surface area contributed by atoms with Crippen LogP contribution in [0.5, 0.6) is 0 Å². The molecule has 0 saturated carbocycles. The van der Waals surface area contributed by atoms with Gasteiger partial charge in [0.15, 0.2) is 0 Å². The van der Waals surface area contributed by atoms with E-state index in [2.05, 4.69) is 19.2 Å². The molecule has 0 spiro atoms. The van der Waals surface area contributed by atoms with Crippen LogP contribution in [0.3, 0.4) is 0 Å². The van der Waals surface area contributed by atoms with Gasteiger partial charge in [0, 0.05) is 11.3 Å². The van der Waals surface area contributed by atoms with Gasteiger partial charge in [-0.2, -0.15) is 12.6 Å². The highest BCUT2D eigenvalue weighted by molar-refractivity contribution is 7.80. The van der Waals surface area contributed by atoms with Crippen LogP contribution in [0.15, 0.2) is 30.8 Å². The van der Waals surface area contributed by atoms with Gasteiger partial charge in [-0.1, -0.05) is 24.8 Å². The van der Waals surface area contributed by atoms with E-state index in [1.54, 1.807) is 0 Å². The van der Waals surface area contributed by atoms with Gasteiger partial charge in [0.1, 0.15) is 0 Å². The lowest BCUT2D eigenvalue weighted by atomic mass is 10.0. The minimum Gasteiger partial charge on any atom is -0.398 e. The quantitative estimate of drug-likeness (QED) is 0.391. The molecule has 1 unspecified atom stereocenters. The second-order valence-corrected chi connectivity index (χ2v) is 3.63. The minimum absolute atomic E-state index is 0.174. The van der Waals surface area contributed by atoms with Crippen molar-refractivity contribution in [2.24, 2.45) is 5.73 Å². The molecule has 70 valence electrons. The van der Waals surface area contributed by atoms with Gasteiger partial charge < -0.3 is 11.5 Å². The average Bonchev–Trinajstić information content (AvgIpc) is 2.03. The van der Waals surface area contributed by atoms with E-state index in [1.165, 1.54) is 0 Å². The zero-order chi connectivity index (χ0) is 9.84. The molecule has 0 bridgehead atoms. The van der Waals surface area contributed by atoms with Crippen molar-refractivity contribution in [3.8, 4) is 0 Å². The Morgan fingerprint density at radius 1 is 1.46 bits per heavy atom. The van der Waals surface area contributed by atoms with E-state index >= 15 is 0 Å². The number of nitrogens with two attached hydrogens (primary N) is 2. The van der Waals surface area contributed by atoms with Gasteiger partial charge in [-0.25, -0.2) is 0 Å². The second kappa shape index (κ2) is 4.35. The molecule has 0 fully saturated rings. The molecule has 13 heavy (non-hydrogen) atoms. The smallest absolute Gasteiger partial charge is 0.0518 e. The SMILES string of the molecule is C=C(CC(N)S)c1ccccc1N. The standard InChI is InChI=1S/C10H14N2S/c1-7(6-10(12)13)8-4-2-3-5-9(8)11/h2-5,10,13H,1,6,11-12H2. The fourth-order valence-electron chi connectivity index (χ4n) is 1.18. The van der Waals surface area contributed by atoms with Crippen molar-refractivity contribution in [2.45, 2.75) is 11.8 Å². The Balaban J connectivity index is 2.83. The predicted molar refractivity (Wildman–Crippen MR) is 61.5 cm³/mol. The molecule has 0 saturated heterocycles. The molecule has 0 amide bonds. The van der Waals surface area contributed by atoms with E-state index in [-0.39, 0.29) is 5.37 Å². The highest BCUT2D eigenvalue weighted by Crippen LogP contribution is 2.23. The summed E-state index contributed by atoms with van der Waals surface area (Å²) in [7, 11) is 0. The largest absolute Gasteiger partial charge is 0.398 e. The monoisotopic (exact) mass is 194 g/mol. The number of rotatable bonds is 3. The Bertz CT molecular complexity index is 308. The number of hydrogen-bond donors (Lipinski definition) is 3. The molecule has 0 aliphatic rings. The zero-order valence-corrected chi connectivity index (χ0v) is 8.30. The minimum atomic E-state index is -0.174. The third-order valence-corrected chi connectivity index (χ3v) is 1.98. The van der Waals surface area contributed by atoms with Crippen LogP contribution >= 0.6 is 12.6 Å². The van der Waals surface area contributed by atoms with Crippen molar-refractivity contribution in [1.82, 2.24) is 0 Å². The maximum Gasteiger partial charge on any atom is 0.0518 e. The number of hydrogen-bond acceptors (Lipinski definition) is 3. The summed E-state index contributed by atoms with van der Waals surface area (Å²) >= 11 is 4.10. The van der Waals surface area contributed by atoms with Gasteiger partial charge in [-0.3, -0.25) is 0 Å². The van der Waals surface area contributed by atoms with Gasteiger partial charge in [0.2, 0.25) is 0 Å². The molecule has 3 heteroatoms. The first-order valence-corrected chi connectivity index (χ1v) is 4.59. The summed E-state index contributed by atoms with van der Waals surface area (Å²) in [5.74, 6) is 0. The highest BCUT2D eigenvalue weighted by atomic mass is 32.1. The van der Waals surface area contributed by atoms with E-state index in [9.17, 15) is 0 Å². The maximum atomic E-state index is 5.77. The van der Waals surface area contributed by atoms with Crippen LogP contribution in [0.25, 0.3) is 5.57 Å². The van der Waals surface area contributed by atoms with Crippen molar-refractivity contribution in [2.75, 3.05) is 5.73 Å². The summed E-state index contributed by atoms with van der Waals surface area (Å²) in [6.07, 6.45) is 0.650. The lowest BCUT2D eigenvalue weighted by Crippen LogP contribution is -2.12. The first kappa shape index (κ1) is 10.2. The topological polar surface area (TPSA) is 52.0 Å². The maximum absolute atomic E-state index is 5.77. The Hall–Kier alpha value is -0.930. The van der Waals surface area contributed by atoms with Gasteiger partial charge in [-0.05, 0) is 18.1 Å². The number of nitrogen functional groups attached to an aromatic ring is 1. The first-order valence-electron chi connectivity index (χ1n) is 4.07. The van der Waals surface area contributed by atoms with Gasteiger partial charge in [0.25, 0.3) is 0 Å². The molecule has 0 radical (unpaired) electrons. The third-order valence-electron chi connectivity index (χ3n) is 1.80. The molecule has 0 aromatic heterocycles. The molecule has 2 nitrogen and oxygen atoms in total. The van der Waals surface area contributed by atoms with Crippen molar-refractivity contribution in [3.63, 3.8) is 0 Å². The molecule has 1 aromatic rings. The summed E-state index contributed by atoms with van der Waals surface area (Å²) in [4.78, 5) is 0. The van der Waals surface area contributed by atoms with Gasteiger partial charge in [-0.15, -0.1) is 0 Å². The molecule has 0 aliphatic carbocycles. The van der Waals surface area contributed by atoms with E-state index in [1.807, 2.05) is 24.3 Å². The normalized spacial score (nSPS) is 12.5. The number of anilines is 1. The molecule has 4 N–H and O–H groups in total. The Labute approximate surface area is 84.0 Å². The van der Waals surface area contributed by atoms with E-state index < -0.39 is 0 Å². The highest BCUT2D eigenvalue weighted by Gasteiger charge is 2.04. The number of thiol groups is 1. The number of benzene rings is 1. The molecular weight excluding hydrogens is 180 g/mol. The summed E-state index contributed by atoms with van der Waals surface area (Å²) in [6.45, 7) is 3.92. The molecule has 1 rings (SSSR count). The fraction of sp³-hybridized carbons (Fsp3) is 0.200. The van der Waals surface area contributed by atoms with Crippen LogP contribution in [0.1, 0.15) is 12.0 Å². The van der Waals surface area contributed by atoms with Crippen molar-refractivity contribution in [1.29, 1.82) is 0 Å². The van der Waals surface area contributed by atoms with Crippen LogP contribution < -0.4 is 11.5 Å². The lowest BCUT2D eigenvalue weighted by Gasteiger charge is -2.10. The van der Waals surface area contributed by atoms with Crippen molar-refractivity contribution >= 4 is 23.9 Å². The Morgan fingerprint density at radius 2 is 2.08 bits per heavy atom. The van der Waals surface area contributed by atoms with Crippen LogP contribution in [-0.4, -0.2) is 5.37 Å². The van der Waals surface area contributed by atoms with Crippen LogP contribution in [0, 0.1) is 0 Å². The summed E-state index contributed by atoms with van der Waals surface area (Å²) in [6, 6.07) is 7.62. The molecular formula is C10H14N2S. The molecule has 0 heterocycles. The van der Waals surface area contributed by atoms with Crippen molar-refractivity contribution < 1.29 is 0 Å². The number of para-hydroxylation sites is 1. The van der Waals surface area contributed by atoms with Crippen LogP contribution in [-0.2, 0) is 0 Å². The van der Waals surface area contributed by atoms with Gasteiger partial charge in [0.05, 0.1) is 5.37 Å². The summed E-state index contributed by atoms with van der Waals surface area (Å²) < 4.78 is 0. The summed E-state index contributed by atoms with van der Waals surface area (Å²) in [5, 5.41) is -0.174. The Morgan fingerprint density at radius 3 is 2.62 bits per heavy atom. The van der Waals surface area contributed by atoms with Crippen molar-refractivity contribution in [3.05, 3.63) is 36.4 Å². The molecule has 0 aliphatic heterocycles. The first-order chi connectivity index (χ1) is 6.11. The van der Waals surface area contributed by atoms with E-state index in [0.717, 1.165) is 16.8 Å². The lowest BCUT2D eigenvalue weighted by molar-refractivity contribution is 0.958. The zero-order valence-electron chi connectivity index (χ0n) is 7.40.